The average Bonchev–Trinajstić information content (AvgIpc) is 2.87. The van der Waals surface area contributed by atoms with Crippen LogP contribution in [0.15, 0.2) is 83.8 Å². The average molecular weight is 464 g/mol. The third kappa shape index (κ3) is 4.24. The lowest BCUT2D eigenvalue weighted by Crippen LogP contribution is -2.35. The van der Waals surface area contributed by atoms with Gasteiger partial charge in [0.2, 0.25) is 0 Å². The second kappa shape index (κ2) is 9.02. The quantitative estimate of drug-likeness (QED) is 0.389. The predicted molar refractivity (Wildman–Crippen MR) is 135 cm³/mol. The fourth-order valence-corrected chi connectivity index (χ4v) is 4.17. The van der Waals surface area contributed by atoms with Crippen molar-refractivity contribution in [2.24, 2.45) is 0 Å². The number of fused-ring (bicyclic) bond motifs is 2. The molecular formula is C28H25N5O2. The molecule has 35 heavy (non-hydrogen) atoms. The zero-order valence-electron chi connectivity index (χ0n) is 19.6. The Morgan fingerprint density at radius 2 is 1.69 bits per heavy atom. The summed E-state index contributed by atoms with van der Waals surface area (Å²) in [5.41, 5.74) is 4.65. The molecule has 2 N–H and O–H groups in total. The summed E-state index contributed by atoms with van der Waals surface area (Å²) in [6.07, 6.45) is 1.67. The van der Waals surface area contributed by atoms with Crippen molar-refractivity contribution in [1.82, 2.24) is 19.3 Å². The van der Waals surface area contributed by atoms with Gasteiger partial charge in [-0.25, -0.2) is 4.98 Å². The molecule has 1 amide bonds. The van der Waals surface area contributed by atoms with Crippen molar-refractivity contribution < 1.29 is 4.79 Å². The van der Waals surface area contributed by atoms with Gasteiger partial charge in [0.1, 0.15) is 16.8 Å². The molecule has 174 valence electrons. The highest BCUT2D eigenvalue weighted by Crippen LogP contribution is 2.15. The number of aromatic nitrogens is 3. The second-order valence-electron chi connectivity index (χ2n) is 8.69. The van der Waals surface area contributed by atoms with Crippen LogP contribution in [0.3, 0.4) is 0 Å². The Kier molecular flexibility index (Phi) is 5.74. The van der Waals surface area contributed by atoms with Crippen molar-refractivity contribution in [1.29, 1.82) is 5.41 Å². The number of pyridine rings is 2. The van der Waals surface area contributed by atoms with E-state index in [0.29, 0.717) is 29.8 Å². The third-order valence-corrected chi connectivity index (χ3v) is 6.14. The minimum atomic E-state index is -0.410. The lowest BCUT2D eigenvalue weighted by atomic mass is 10.1. The number of aryl methyl sites for hydroxylation is 2. The van der Waals surface area contributed by atoms with E-state index in [2.05, 4.69) is 5.32 Å². The number of carbonyl (C=O) groups is 1. The van der Waals surface area contributed by atoms with Crippen molar-refractivity contribution in [3.63, 3.8) is 0 Å². The van der Waals surface area contributed by atoms with E-state index in [9.17, 15) is 9.59 Å². The standard InChI is InChI=1S/C28H25N5O2/c1-18-10-12-21(13-11-18)17-33-24(29)22(27(34)30-16-20-8-4-3-5-9-20)15-23-26(33)31-25-19(2)7-6-14-32(25)28(23)35/h3-15,29H,16-17H2,1-2H3,(H,30,34). The molecule has 0 aliphatic carbocycles. The number of rotatable bonds is 5. The number of nitrogens with zero attached hydrogens (tertiary/aromatic N) is 3. The normalized spacial score (nSPS) is 11.1. The van der Waals surface area contributed by atoms with Gasteiger partial charge in [-0.3, -0.25) is 19.4 Å². The summed E-state index contributed by atoms with van der Waals surface area (Å²) < 4.78 is 3.13. The Bertz CT molecular complexity index is 1680. The van der Waals surface area contributed by atoms with E-state index in [0.717, 1.165) is 22.3 Å². The van der Waals surface area contributed by atoms with Gasteiger partial charge < -0.3 is 9.88 Å². The fourth-order valence-electron chi connectivity index (χ4n) is 4.17. The molecule has 0 radical (unpaired) electrons. The molecule has 0 saturated carbocycles. The van der Waals surface area contributed by atoms with Crippen molar-refractivity contribution in [2.45, 2.75) is 26.9 Å². The van der Waals surface area contributed by atoms with Crippen LogP contribution in [0.1, 0.15) is 32.6 Å². The van der Waals surface area contributed by atoms with Gasteiger partial charge in [0.05, 0.1) is 17.5 Å². The Morgan fingerprint density at radius 3 is 2.43 bits per heavy atom. The largest absolute Gasteiger partial charge is 0.348 e. The molecule has 0 saturated heterocycles. The van der Waals surface area contributed by atoms with Crippen LogP contribution in [0.5, 0.6) is 0 Å². The zero-order chi connectivity index (χ0) is 24.5. The van der Waals surface area contributed by atoms with Gasteiger partial charge in [0, 0.05) is 12.7 Å². The predicted octanol–water partition coefficient (Wildman–Crippen LogP) is 3.72. The molecule has 5 rings (SSSR count). The van der Waals surface area contributed by atoms with Gasteiger partial charge >= 0.3 is 0 Å². The van der Waals surface area contributed by atoms with Gasteiger partial charge in [0.15, 0.2) is 0 Å². The van der Waals surface area contributed by atoms with Crippen LogP contribution in [0.4, 0.5) is 0 Å². The molecule has 3 heterocycles. The Balaban J connectivity index is 1.69. The molecule has 0 fully saturated rings. The Hall–Kier alpha value is -4.52. The maximum Gasteiger partial charge on any atom is 0.267 e. The molecule has 0 bridgehead atoms. The van der Waals surface area contributed by atoms with Crippen LogP contribution in [0.2, 0.25) is 0 Å². The first kappa shape index (κ1) is 22.3. The first-order chi connectivity index (χ1) is 16.9. The van der Waals surface area contributed by atoms with Crippen LogP contribution in [-0.2, 0) is 13.1 Å². The van der Waals surface area contributed by atoms with E-state index >= 15 is 0 Å². The summed E-state index contributed by atoms with van der Waals surface area (Å²) >= 11 is 0. The number of hydrogen-bond donors (Lipinski definition) is 2. The first-order valence-electron chi connectivity index (χ1n) is 11.4. The lowest BCUT2D eigenvalue weighted by Gasteiger charge is -2.15. The van der Waals surface area contributed by atoms with Crippen LogP contribution < -0.4 is 16.4 Å². The smallest absolute Gasteiger partial charge is 0.267 e. The zero-order valence-corrected chi connectivity index (χ0v) is 19.6. The van der Waals surface area contributed by atoms with E-state index in [-0.39, 0.29) is 16.6 Å². The van der Waals surface area contributed by atoms with Gasteiger partial charge in [0.25, 0.3) is 11.5 Å². The molecule has 0 aliphatic rings. The molecule has 7 nitrogen and oxygen atoms in total. The van der Waals surface area contributed by atoms with Crippen molar-refractivity contribution in [3.8, 4) is 0 Å². The van der Waals surface area contributed by atoms with Crippen LogP contribution >= 0.6 is 0 Å². The van der Waals surface area contributed by atoms with Crippen LogP contribution in [0.25, 0.3) is 16.7 Å². The van der Waals surface area contributed by atoms with Crippen molar-refractivity contribution in [3.05, 3.63) is 123 Å². The number of nitrogens with one attached hydrogen (secondary N) is 2. The van der Waals surface area contributed by atoms with Gasteiger partial charge in [-0.15, -0.1) is 0 Å². The van der Waals surface area contributed by atoms with Crippen molar-refractivity contribution in [2.75, 3.05) is 0 Å². The molecule has 7 heteroatoms. The fraction of sp³-hybridized carbons (Fsp3) is 0.143. The molecule has 3 aromatic heterocycles. The third-order valence-electron chi connectivity index (χ3n) is 6.14. The van der Waals surface area contributed by atoms with Crippen molar-refractivity contribution >= 4 is 22.6 Å². The second-order valence-corrected chi connectivity index (χ2v) is 8.69. The summed E-state index contributed by atoms with van der Waals surface area (Å²) in [4.78, 5) is 31.4. The number of amides is 1. The maximum absolute atomic E-state index is 13.5. The number of hydrogen-bond acceptors (Lipinski definition) is 4. The van der Waals surface area contributed by atoms with E-state index in [1.807, 2.05) is 74.5 Å². The number of carbonyl (C=O) groups excluding carboxylic acids is 1. The van der Waals surface area contributed by atoms with E-state index < -0.39 is 5.91 Å². The van der Waals surface area contributed by atoms with Crippen LogP contribution in [0, 0.1) is 19.3 Å². The molecule has 0 aliphatic heterocycles. The molecular weight excluding hydrogens is 438 g/mol. The topological polar surface area (TPSA) is 92.2 Å². The minimum absolute atomic E-state index is 0.00784. The van der Waals surface area contributed by atoms with Gasteiger partial charge in [-0.1, -0.05) is 66.2 Å². The Labute approximate surface area is 201 Å². The molecule has 0 atom stereocenters. The maximum atomic E-state index is 13.5. The highest BCUT2D eigenvalue weighted by molar-refractivity contribution is 5.96. The summed E-state index contributed by atoms with van der Waals surface area (Å²) in [5, 5.41) is 12.1. The van der Waals surface area contributed by atoms with Gasteiger partial charge in [-0.05, 0) is 42.7 Å². The summed E-state index contributed by atoms with van der Waals surface area (Å²) in [7, 11) is 0. The lowest BCUT2D eigenvalue weighted by molar-refractivity contribution is 0.0948. The molecule has 5 aromatic rings. The Morgan fingerprint density at radius 1 is 0.943 bits per heavy atom. The molecule has 0 spiro atoms. The molecule has 2 aromatic carbocycles. The van der Waals surface area contributed by atoms with Gasteiger partial charge in [-0.2, -0.15) is 0 Å². The number of benzene rings is 2. The summed E-state index contributed by atoms with van der Waals surface area (Å²) in [6.45, 7) is 4.54. The van der Waals surface area contributed by atoms with E-state index in [4.69, 9.17) is 10.4 Å². The SMILES string of the molecule is Cc1ccc(Cn2c(=N)c(C(=O)NCc3ccccc3)cc3c(=O)n4cccc(C)c4nc32)cc1. The highest BCUT2D eigenvalue weighted by Gasteiger charge is 2.18. The minimum Gasteiger partial charge on any atom is -0.348 e. The van der Waals surface area contributed by atoms with E-state index in [1.54, 1.807) is 16.8 Å². The monoisotopic (exact) mass is 463 g/mol. The summed E-state index contributed by atoms with van der Waals surface area (Å²) in [5.74, 6) is -0.410. The first-order valence-corrected chi connectivity index (χ1v) is 11.4. The molecule has 0 unspecified atom stereocenters. The highest BCUT2D eigenvalue weighted by atomic mass is 16.1. The summed E-state index contributed by atoms with van der Waals surface area (Å²) in [6, 6.07) is 22.7. The van der Waals surface area contributed by atoms with Crippen LogP contribution in [-0.4, -0.2) is 19.9 Å². The van der Waals surface area contributed by atoms with E-state index in [1.165, 1.54) is 10.5 Å².